The van der Waals surface area contributed by atoms with Gasteiger partial charge in [0.25, 0.3) is 5.79 Å². The molecule has 5 saturated heterocycles. The molecule has 5 aliphatic rings. The van der Waals surface area contributed by atoms with Gasteiger partial charge in [-0.1, -0.05) is 193 Å². The first kappa shape index (κ1) is 97.1. The average Bonchev–Trinajstić information content (AvgIpc) is 0.746. The molecule has 0 aromatic carbocycles. The largest absolute Gasteiger partial charge is 0.477 e. The second-order valence-electron chi connectivity index (χ2n) is 30.2. The Hall–Kier alpha value is -3.46. The molecule has 5 aliphatic heterocycles. The van der Waals surface area contributed by atoms with Gasteiger partial charge in [-0.2, -0.15) is 0 Å². The summed E-state index contributed by atoms with van der Waals surface area (Å²) in [6.45, 7) is 0.217. The number of nitrogens with two attached hydrogens (primary N) is 1. The number of aliphatic hydroxyl groups excluding tert-OH is 16. The number of hydrogen-bond acceptors (Lipinski definition) is 31. The Morgan fingerprint density at radius 1 is 0.500 bits per heavy atom. The number of carbonyl (C=O) groups excluding carboxylic acids is 3. The molecular weight excluding hydrogens is 1450 g/mol. The number of allylic oxidation sites excluding steroid dienone is 1. The number of aliphatic carboxylic acids is 1. The number of aliphatic hydroxyl groups is 16. The van der Waals surface area contributed by atoms with Crippen LogP contribution in [0.15, 0.2) is 12.2 Å². The minimum Gasteiger partial charge on any atom is -0.477 e. The molecule has 642 valence electrons. The van der Waals surface area contributed by atoms with Crippen molar-refractivity contribution in [3.05, 3.63) is 12.2 Å². The summed E-state index contributed by atoms with van der Waals surface area (Å²) in [5.41, 5.74) is 6.45. The number of hydrogen-bond donors (Lipinski definition) is 21. The molecule has 0 bridgehead atoms. The predicted octanol–water partition coefficient (Wildman–Crippen LogP) is -1.33. The van der Waals surface area contributed by atoms with Crippen molar-refractivity contribution in [3.8, 4) is 0 Å². The Balaban J connectivity index is 1.40. The SMILES string of the molecule is CCCCCCCCCCCCCCC/C=C/[C@@H](O)[C@H](CO[C@@H]1O[C@H](CO)[C@@H](O[C@@H]2O[C@H](CO)[C@H](O[C@@H]3O[C@H](CO)[C@H](O)[C@H](O[C@@H]4O[C@H](CO)[C@H](O)[C@H](O)[C@H]4O)[C@H]3NC(C)=O)[C@H](O[C@]3(C(=O)O)C[C@H](O)[C@@H](NC(C)=O)[C@H]([C@H](O)[C@H](O)CO)O3)[C@H]2O)[C@H](O)[C@H]1O)NC(=O)C(N)CCCCCCCCCCCCCCCC. The monoisotopic (exact) mass is 1590 g/mol. The highest BCUT2D eigenvalue weighted by atomic mass is 16.8. The number of carboxylic acid groups (broad SMARTS) is 1. The second kappa shape index (κ2) is 51.6. The van der Waals surface area contributed by atoms with Crippen LogP contribution in [0.4, 0.5) is 0 Å². The van der Waals surface area contributed by atoms with Crippen molar-refractivity contribution in [2.24, 2.45) is 5.73 Å². The van der Waals surface area contributed by atoms with Gasteiger partial charge >= 0.3 is 5.97 Å². The van der Waals surface area contributed by atoms with E-state index in [9.17, 15) is 106 Å². The molecular formula is C75H136N4O31. The summed E-state index contributed by atoms with van der Waals surface area (Å²) >= 11 is 0. The van der Waals surface area contributed by atoms with Gasteiger partial charge in [-0.25, -0.2) is 4.79 Å². The number of unbranched alkanes of at least 4 members (excludes halogenated alkanes) is 26. The zero-order chi connectivity index (χ0) is 81.0. The molecule has 35 nitrogen and oxygen atoms in total. The molecule has 22 N–H and O–H groups in total. The third kappa shape index (κ3) is 29.9. The van der Waals surface area contributed by atoms with Crippen LogP contribution >= 0.6 is 0 Å². The number of amides is 3. The topological polar surface area (TPSA) is 567 Å². The lowest BCUT2D eigenvalue weighted by molar-refractivity contribution is -0.403. The minimum absolute atomic E-state index is 0.341. The molecule has 3 amide bonds. The van der Waals surface area contributed by atoms with E-state index in [-0.39, 0.29) is 0 Å². The number of ether oxygens (including phenoxy) is 10. The number of carboxylic acids is 1. The molecule has 35 heteroatoms. The Bertz CT molecular complexity index is 2580. The highest BCUT2D eigenvalue weighted by molar-refractivity contribution is 5.81. The smallest absolute Gasteiger partial charge is 0.364 e. The minimum atomic E-state index is -3.39. The average molecular weight is 1590 g/mol. The van der Waals surface area contributed by atoms with E-state index in [0.29, 0.717) is 19.3 Å². The molecule has 0 radical (unpaired) electrons. The third-order valence-corrected chi connectivity index (χ3v) is 21.3. The van der Waals surface area contributed by atoms with E-state index in [2.05, 4.69) is 29.8 Å². The number of nitrogens with one attached hydrogen (secondary N) is 3. The number of carbonyl (C=O) groups is 4. The van der Waals surface area contributed by atoms with Crippen molar-refractivity contribution in [1.82, 2.24) is 16.0 Å². The van der Waals surface area contributed by atoms with E-state index >= 15 is 0 Å². The van der Waals surface area contributed by atoms with E-state index in [4.69, 9.17) is 53.1 Å². The lowest BCUT2D eigenvalue weighted by atomic mass is 9.88. The number of rotatable bonds is 54. The van der Waals surface area contributed by atoms with E-state index in [1.54, 1.807) is 6.08 Å². The van der Waals surface area contributed by atoms with Crippen molar-refractivity contribution in [2.75, 3.05) is 39.6 Å². The summed E-state index contributed by atoms with van der Waals surface area (Å²) in [7, 11) is 0. The van der Waals surface area contributed by atoms with Crippen LogP contribution in [-0.4, -0.2) is 327 Å². The van der Waals surface area contributed by atoms with Gasteiger partial charge in [0, 0.05) is 20.3 Å². The zero-order valence-electron chi connectivity index (χ0n) is 64.7. The molecule has 5 heterocycles. The van der Waals surface area contributed by atoms with Gasteiger partial charge in [0.15, 0.2) is 25.2 Å². The molecule has 0 aromatic heterocycles. The summed E-state index contributed by atoms with van der Waals surface area (Å²) in [6, 6.07) is -5.90. The molecule has 0 spiro atoms. The van der Waals surface area contributed by atoms with Crippen LogP contribution < -0.4 is 21.7 Å². The fraction of sp³-hybridized carbons (Fsp3) is 0.920. The van der Waals surface area contributed by atoms with Gasteiger partial charge in [-0.15, -0.1) is 0 Å². The molecule has 5 rings (SSSR count). The van der Waals surface area contributed by atoms with E-state index < -0.39 is 247 Å². The molecule has 1 unspecified atom stereocenters. The normalized spacial score (nSPS) is 34.3. The first-order valence-corrected chi connectivity index (χ1v) is 40.3. The van der Waals surface area contributed by atoms with Crippen LogP contribution in [0, 0.1) is 0 Å². The molecule has 110 heavy (non-hydrogen) atoms. The highest BCUT2D eigenvalue weighted by Crippen LogP contribution is 2.41. The van der Waals surface area contributed by atoms with Crippen LogP contribution in [0.5, 0.6) is 0 Å². The first-order chi connectivity index (χ1) is 52.7. The zero-order valence-corrected chi connectivity index (χ0v) is 64.7. The van der Waals surface area contributed by atoms with Gasteiger partial charge in [0.2, 0.25) is 17.7 Å². The molecule has 0 saturated carbocycles. The maximum absolute atomic E-state index is 13.8. The summed E-state index contributed by atoms with van der Waals surface area (Å²) in [6.07, 6.45) is -15.5. The van der Waals surface area contributed by atoms with E-state index in [1.165, 1.54) is 122 Å². The quantitative estimate of drug-likeness (QED) is 0.0248. The molecule has 5 fully saturated rings. The molecule has 29 atom stereocenters. The van der Waals surface area contributed by atoms with Crippen LogP contribution in [0.2, 0.25) is 0 Å². The van der Waals surface area contributed by atoms with Crippen molar-refractivity contribution in [2.45, 2.75) is 398 Å². The molecule has 0 aromatic rings. The predicted molar refractivity (Wildman–Crippen MR) is 391 cm³/mol. The fourth-order valence-electron chi connectivity index (χ4n) is 14.7. The van der Waals surface area contributed by atoms with Crippen LogP contribution in [0.1, 0.15) is 220 Å². The maximum atomic E-state index is 13.8. The lowest BCUT2D eigenvalue weighted by Gasteiger charge is -2.52. The first-order valence-electron chi connectivity index (χ1n) is 40.3. The standard InChI is InChI=1S/C75H136N4O31/c1-5-7-9-11-13-15-17-19-21-23-25-27-29-31-33-35-47(87)46(79-69(98)45(76)34-32-30-28-26-24-22-20-18-16-14-12-10-8-6-2)42-101-71-62(96)60(94)64(52(40-83)104-71)106-73-63(97)68(110-75(74(99)100)36-48(88)54(77-43(3)85)67(109-75)56(90)49(89)37-80)65(53(41-84)105-73)107-70-55(78-44(4)86)66(58(92)51(39-82)102-70)108-72-61(95)59(93)57(91)50(38-81)103-72/h33,35,45-68,70-73,80-84,87-97H,5-32,34,36-42,76H2,1-4H3,(H,77,85)(H,78,86)(H,79,98)(H,99,100)/b35-33+/t45?,46-,47+,48-,49+,50+,51+,52+,53+,54+,55+,56+,57-,58-,59-,60+,61+,62+,63+,64+,65-,66+,67+,68+,70-,71+,72-,73-,75-/m0/s1. The fourth-order valence-corrected chi connectivity index (χ4v) is 14.7. The summed E-state index contributed by atoms with van der Waals surface area (Å²) in [5.74, 6) is -7.95. The summed E-state index contributed by atoms with van der Waals surface area (Å²) in [5, 5.41) is 197. The van der Waals surface area contributed by atoms with Gasteiger partial charge in [0.05, 0.1) is 70.0 Å². The Morgan fingerprint density at radius 3 is 1.45 bits per heavy atom. The van der Waals surface area contributed by atoms with Crippen molar-refractivity contribution >= 4 is 23.7 Å². The van der Waals surface area contributed by atoms with Crippen LogP contribution in [0.25, 0.3) is 0 Å². The Labute approximate surface area is 645 Å². The summed E-state index contributed by atoms with van der Waals surface area (Å²) < 4.78 is 60.1. The van der Waals surface area contributed by atoms with Gasteiger partial charge in [0.1, 0.15) is 116 Å². The van der Waals surface area contributed by atoms with Crippen LogP contribution in [-0.2, 0) is 66.5 Å². The Kier molecular flexibility index (Phi) is 45.5. The Morgan fingerprint density at radius 2 is 0.936 bits per heavy atom. The van der Waals surface area contributed by atoms with Crippen molar-refractivity contribution in [1.29, 1.82) is 0 Å². The lowest BCUT2D eigenvalue weighted by Crippen LogP contribution is -2.72. The van der Waals surface area contributed by atoms with E-state index in [0.717, 1.165) is 65.2 Å². The van der Waals surface area contributed by atoms with Gasteiger partial charge in [-0.05, 0) is 19.3 Å². The van der Waals surface area contributed by atoms with Gasteiger partial charge in [-0.3, -0.25) is 14.4 Å². The third-order valence-electron chi connectivity index (χ3n) is 21.3. The van der Waals surface area contributed by atoms with Crippen molar-refractivity contribution in [3.63, 3.8) is 0 Å². The van der Waals surface area contributed by atoms with E-state index in [1.807, 2.05) is 0 Å². The van der Waals surface area contributed by atoms with Crippen LogP contribution in [0.3, 0.4) is 0 Å². The van der Waals surface area contributed by atoms with Gasteiger partial charge < -0.3 is 156 Å². The highest BCUT2D eigenvalue weighted by Gasteiger charge is 2.62. The molecule has 0 aliphatic carbocycles. The second-order valence-corrected chi connectivity index (χ2v) is 30.2. The maximum Gasteiger partial charge on any atom is 0.364 e. The summed E-state index contributed by atoms with van der Waals surface area (Å²) in [4.78, 5) is 53.3. The van der Waals surface area contributed by atoms with Crippen molar-refractivity contribution < 1.29 is 153 Å².